The molecule has 3 nitrogen and oxygen atoms in total. The minimum absolute atomic E-state index is 0.0739. The van der Waals surface area contributed by atoms with Gasteiger partial charge in [-0.1, -0.05) is 6.92 Å². The summed E-state index contributed by atoms with van der Waals surface area (Å²) in [6.07, 6.45) is 1.27. The second-order valence-corrected chi connectivity index (χ2v) is 4.13. The minimum Gasteiger partial charge on any atom is -0.511 e. The molecule has 1 N–H and O–H groups in total. The third-order valence-corrected chi connectivity index (χ3v) is 2.87. The van der Waals surface area contributed by atoms with Crippen LogP contribution in [0.15, 0.2) is 40.6 Å². The molecule has 0 fully saturated rings. The molecule has 0 bridgehead atoms. The number of nitrogens with zero attached hydrogens (tertiary/aromatic N) is 1. The van der Waals surface area contributed by atoms with Crippen LogP contribution in [0.4, 0.5) is 10.1 Å². The van der Waals surface area contributed by atoms with Crippen LogP contribution < -0.4 is 0 Å². The Morgan fingerprint density at radius 2 is 2.00 bits per heavy atom. The van der Waals surface area contributed by atoms with Crippen molar-refractivity contribution in [1.82, 2.24) is 0 Å². The van der Waals surface area contributed by atoms with Crippen molar-refractivity contribution < 1.29 is 14.3 Å². The summed E-state index contributed by atoms with van der Waals surface area (Å²) in [5.41, 5.74) is 1.47. The number of aliphatic imine (C=N–C) groups is 1. The highest BCUT2D eigenvalue weighted by atomic mass is 19.1. The molecule has 0 saturated heterocycles. The molecular weight excluding hydrogens is 233 g/mol. The molecule has 0 radical (unpaired) electrons. The standard InChI is InChI=1S/C14H14FNO2/c1-2-11(14-12(17)7-8-13(14)18)16-10-5-3-9(15)4-6-10/h3-6,17H,2,7-8H2,1H3. The van der Waals surface area contributed by atoms with E-state index in [2.05, 4.69) is 4.99 Å². The summed E-state index contributed by atoms with van der Waals surface area (Å²) in [5, 5.41) is 9.70. The lowest BCUT2D eigenvalue weighted by Crippen LogP contribution is -2.09. The molecule has 1 aliphatic carbocycles. The summed E-state index contributed by atoms with van der Waals surface area (Å²) < 4.78 is 12.8. The lowest BCUT2D eigenvalue weighted by Gasteiger charge is -2.05. The lowest BCUT2D eigenvalue weighted by molar-refractivity contribution is -0.114. The van der Waals surface area contributed by atoms with Crippen LogP contribution in [-0.4, -0.2) is 16.6 Å². The van der Waals surface area contributed by atoms with Gasteiger partial charge < -0.3 is 5.11 Å². The van der Waals surface area contributed by atoms with Crippen molar-refractivity contribution in [2.24, 2.45) is 4.99 Å². The molecule has 0 unspecified atom stereocenters. The van der Waals surface area contributed by atoms with Crippen molar-refractivity contribution in [3.05, 3.63) is 41.4 Å². The Bertz CT molecular complexity index is 529. The largest absolute Gasteiger partial charge is 0.511 e. The molecule has 0 aliphatic heterocycles. The first-order chi connectivity index (χ1) is 8.61. The normalized spacial score (nSPS) is 16.6. The monoisotopic (exact) mass is 247 g/mol. The number of halogens is 1. The summed E-state index contributed by atoms with van der Waals surface area (Å²) in [6, 6.07) is 5.72. The van der Waals surface area contributed by atoms with Gasteiger partial charge >= 0.3 is 0 Å². The molecule has 0 atom stereocenters. The Kier molecular flexibility index (Phi) is 3.55. The quantitative estimate of drug-likeness (QED) is 0.831. The van der Waals surface area contributed by atoms with Crippen LogP contribution in [0.1, 0.15) is 26.2 Å². The van der Waals surface area contributed by atoms with Crippen molar-refractivity contribution in [3.63, 3.8) is 0 Å². The second kappa shape index (κ2) is 5.12. The number of carbonyl (C=O) groups excluding carboxylic acids is 1. The number of allylic oxidation sites excluding steroid dienone is 2. The van der Waals surface area contributed by atoms with Gasteiger partial charge in [-0.2, -0.15) is 0 Å². The van der Waals surface area contributed by atoms with Crippen molar-refractivity contribution >= 4 is 17.2 Å². The van der Waals surface area contributed by atoms with Crippen LogP contribution >= 0.6 is 0 Å². The average Bonchev–Trinajstić information content (AvgIpc) is 2.69. The van der Waals surface area contributed by atoms with Gasteiger partial charge in [0, 0.05) is 12.8 Å². The number of rotatable bonds is 3. The molecule has 18 heavy (non-hydrogen) atoms. The number of hydrogen-bond donors (Lipinski definition) is 1. The highest BCUT2D eigenvalue weighted by Gasteiger charge is 2.26. The summed E-state index contributed by atoms with van der Waals surface area (Å²) >= 11 is 0. The molecule has 0 heterocycles. The fourth-order valence-corrected chi connectivity index (χ4v) is 1.95. The topological polar surface area (TPSA) is 49.7 Å². The van der Waals surface area contributed by atoms with E-state index in [0.29, 0.717) is 36.2 Å². The minimum atomic E-state index is -0.328. The Morgan fingerprint density at radius 1 is 1.33 bits per heavy atom. The number of Topliss-reactive ketones (excluding diaryl/α,β-unsaturated/α-hetero) is 1. The van der Waals surface area contributed by atoms with E-state index in [4.69, 9.17) is 0 Å². The van der Waals surface area contributed by atoms with E-state index in [0.717, 1.165) is 0 Å². The number of hydrogen-bond acceptors (Lipinski definition) is 3. The second-order valence-electron chi connectivity index (χ2n) is 4.13. The van der Waals surface area contributed by atoms with Crippen LogP contribution in [0.2, 0.25) is 0 Å². The maximum atomic E-state index is 12.8. The van der Waals surface area contributed by atoms with E-state index in [1.807, 2.05) is 6.92 Å². The van der Waals surface area contributed by atoms with Crippen LogP contribution in [0.3, 0.4) is 0 Å². The van der Waals surface area contributed by atoms with Crippen LogP contribution in [-0.2, 0) is 4.79 Å². The van der Waals surface area contributed by atoms with E-state index in [-0.39, 0.29) is 17.4 Å². The van der Waals surface area contributed by atoms with E-state index >= 15 is 0 Å². The molecule has 0 spiro atoms. The molecule has 94 valence electrons. The Labute approximate surface area is 105 Å². The van der Waals surface area contributed by atoms with Gasteiger partial charge in [0.05, 0.1) is 17.0 Å². The van der Waals surface area contributed by atoms with Gasteiger partial charge in [0.25, 0.3) is 0 Å². The Morgan fingerprint density at radius 3 is 2.50 bits per heavy atom. The number of benzene rings is 1. The summed E-state index contributed by atoms with van der Waals surface area (Å²) in [4.78, 5) is 16.0. The predicted octanol–water partition coefficient (Wildman–Crippen LogP) is 3.48. The van der Waals surface area contributed by atoms with Crippen molar-refractivity contribution in [1.29, 1.82) is 0 Å². The number of aliphatic hydroxyl groups is 1. The fraction of sp³-hybridized carbons (Fsp3) is 0.286. The van der Waals surface area contributed by atoms with Gasteiger partial charge in [-0.3, -0.25) is 9.79 Å². The van der Waals surface area contributed by atoms with Gasteiger partial charge in [0.15, 0.2) is 5.78 Å². The first kappa shape index (κ1) is 12.5. The van der Waals surface area contributed by atoms with Gasteiger partial charge in [-0.25, -0.2) is 4.39 Å². The van der Waals surface area contributed by atoms with Crippen molar-refractivity contribution in [2.75, 3.05) is 0 Å². The molecule has 4 heteroatoms. The molecule has 0 amide bonds. The maximum Gasteiger partial charge on any atom is 0.168 e. The van der Waals surface area contributed by atoms with Gasteiger partial charge in [0.1, 0.15) is 11.6 Å². The molecule has 1 aromatic carbocycles. The zero-order chi connectivity index (χ0) is 13.1. The number of aliphatic hydroxyl groups excluding tert-OH is 1. The third-order valence-electron chi connectivity index (χ3n) is 2.87. The number of carbonyl (C=O) groups is 1. The van der Waals surface area contributed by atoms with E-state index < -0.39 is 0 Å². The highest BCUT2D eigenvalue weighted by Crippen LogP contribution is 2.25. The summed E-state index contributed by atoms with van der Waals surface area (Å²) in [5.74, 6) is -0.288. The average molecular weight is 247 g/mol. The lowest BCUT2D eigenvalue weighted by atomic mass is 10.1. The SMILES string of the molecule is CCC(=Nc1ccc(F)cc1)C1=C(O)CCC1=O. The summed E-state index contributed by atoms with van der Waals surface area (Å²) in [6.45, 7) is 1.87. The molecule has 1 aromatic rings. The Balaban J connectivity index is 2.37. The Hall–Kier alpha value is -1.97. The summed E-state index contributed by atoms with van der Waals surface area (Å²) in [7, 11) is 0. The van der Waals surface area contributed by atoms with E-state index in [1.54, 1.807) is 12.1 Å². The van der Waals surface area contributed by atoms with Gasteiger partial charge in [0.2, 0.25) is 0 Å². The van der Waals surface area contributed by atoms with Crippen LogP contribution in [0.5, 0.6) is 0 Å². The molecular formula is C14H14FNO2. The first-order valence-electron chi connectivity index (χ1n) is 5.90. The molecule has 1 aliphatic rings. The van der Waals surface area contributed by atoms with Crippen molar-refractivity contribution in [3.8, 4) is 0 Å². The first-order valence-corrected chi connectivity index (χ1v) is 5.90. The predicted molar refractivity (Wildman–Crippen MR) is 67.7 cm³/mol. The molecule has 2 rings (SSSR count). The zero-order valence-corrected chi connectivity index (χ0v) is 10.1. The van der Waals surface area contributed by atoms with Crippen LogP contribution in [0, 0.1) is 5.82 Å². The van der Waals surface area contributed by atoms with Crippen molar-refractivity contribution in [2.45, 2.75) is 26.2 Å². The third kappa shape index (κ3) is 2.47. The maximum absolute atomic E-state index is 12.8. The zero-order valence-electron chi connectivity index (χ0n) is 10.1. The number of ketones is 1. The van der Waals surface area contributed by atoms with E-state index in [9.17, 15) is 14.3 Å². The van der Waals surface area contributed by atoms with Gasteiger partial charge in [-0.05, 0) is 30.7 Å². The van der Waals surface area contributed by atoms with Crippen LogP contribution in [0.25, 0.3) is 0 Å². The molecule has 0 aromatic heterocycles. The fourth-order valence-electron chi connectivity index (χ4n) is 1.95. The van der Waals surface area contributed by atoms with Gasteiger partial charge in [-0.15, -0.1) is 0 Å². The highest BCUT2D eigenvalue weighted by molar-refractivity contribution is 6.24. The van der Waals surface area contributed by atoms with E-state index in [1.165, 1.54) is 12.1 Å². The smallest absolute Gasteiger partial charge is 0.168 e. The molecule has 0 saturated carbocycles.